The molecule has 3 nitrogen and oxygen atoms in total. The van der Waals surface area contributed by atoms with Crippen LogP contribution in [0.2, 0.25) is 0 Å². The monoisotopic (exact) mass is 291 g/mol. The van der Waals surface area contributed by atoms with E-state index < -0.39 is 5.41 Å². The van der Waals surface area contributed by atoms with Gasteiger partial charge in [0.05, 0.1) is 23.7 Å². The van der Waals surface area contributed by atoms with Crippen LogP contribution in [0.1, 0.15) is 26.3 Å². The Balaban J connectivity index is 2.61. The minimum atomic E-state index is -0.481. The zero-order valence-corrected chi connectivity index (χ0v) is 13.1. The van der Waals surface area contributed by atoms with Crippen LogP contribution in [0.3, 0.4) is 0 Å². The summed E-state index contributed by atoms with van der Waals surface area (Å²) >= 11 is 4.61. The minimum absolute atomic E-state index is 0.124. The molecule has 0 amide bonds. The number of benzene rings is 1. The molecule has 0 bridgehead atoms. The number of nitrogens with zero attached hydrogens (tertiary/aromatic N) is 1. The van der Waals surface area contributed by atoms with Crippen LogP contribution in [-0.2, 0) is 16.0 Å². The molecule has 1 atom stereocenters. The van der Waals surface area contributed by atoms with E-state index in [1.807, 2.05) is 39.0 Å². The van der Waals surface area contributed by atoms with Crippen LogP contribution < -0.4 is 0 Å². The Morgan fingerprint density at radius 1 is 1.35 bits per heavy atom. The third-order valence-electron chi connectivity index (χ3n) is 2.84. The van der Waals surface area contributed by atoms with Crippen molar-refractivity contribution in [3.05, 3.63) is 35.9 Å². The molecule has 1 aromatic rings. The third-order valence-corrected chi connectivity index (χ3v) is 2.97. The van der Waals surface area contributed by atoms with Crippen LogP contribution in [0.25, 0.3) is 0 Å². The number of isothiocyanates is 1. The van der Waals surface area contributed by atoms with Gasteiger partial charge in [0, 0.05) is 5.92 Å². The number of aliphatic imine (C=N–C) groups is 1. The van der Waals surface area contributed by atoms with E-state index in [1.54, 1.807) is 0 Å². The van der Waals surface area contributed by atoms with Crippen LogP contribution in [-0.4, -0.2) is 24.3 Å². The van der Waals surface area contributed by atoms with Crippen molar-refractivity contribution in [3.63, 3.8) is 0 Å². The van der Waals surface area contributed by atoms with Gasteiger partial charge in [-0.15, -0.1) is 0 Å². The SMILES string of the molecule is CC(C)(C)C(=O)OCC(CN=C=S)Cc1ccccc1. The number of rotatable bonds is 6. The molecule has 0 aliphatic heterocycles. The maximum Gasteiger partial charge on any atom is 0.311 e. The molecule has 0 heterocycles. The molecular formula is C16H21NO2S. The van der Waals surface area contributed by atoms with Crippen molar-refractivity contribution >= 4 is 23.3 Å². The van der Waals surface area contributed by atoms with E-state index in [0.29, 0.717) is 13.2 Å². The predicted octanol–water partition coefficient (Wildman–Crippen LogP) is 3.54. The highest BCUT2D eigenvalue weighted by Crippen LogP contribution is 2.17. The first-order valence-electron chi connectivity index (χ1n) is 6.68. The van der Waals surface area contributed by atoms with E-state index in [4.69, 9.17) is 4.74 Å². The van der Waals surface area contributed by atoms with Gasteiger partial charge in [0.25, 0.3) is 0 Å². The molecule has 108 valence electrons. The van der Waals surface area contributed by atoms with Gasteiger partial charge in [-0.25, -0.2) is 4.99 Å². The number of esters is 1. The normalized spacial score (nSPS) is 12.3. The molecule has 0 fully saturated rings. The quantitative estimate of drug-likeness (QED) is 0.457. The van der Waals surface area contributed by atoms with E-state index in [9.17, 15) is 4.79 Å². The molecule has 0 saturated carbocycles. The summed E-state index contributed by atoms with van der Waals surface area (Å²) in [5.41, 5.74) is 0.717. The molecule has 1 aromatic carbocycles. The summed E-state index contributed by atoms with van der Waals surface area (Å²) in [7, 11) is 0. The van der Waals surface area contributed by atoms with Crippen LogP contribution in [0.5, 0.6) is 0 Å². The average molecular weight is 291 g/mol. The zero-order chi connectivity index (χ0) is 15.0. The third kappa shape index (κ3) is 6.09. The summed E-state index contributed by atoms with van der Waals surface area (Å²) in [6.07, 6.45) is 0.804. The summed E-state index contributed by atoms with van der Waals surface area (Å²) in [6, 6.07) is 10.1. The Kier molecular flexibility index (Phi) is 6.56. The van der Waals surface area contributed by atoms with Crippen molar-refractivity contribution in [2.45, 2.75) is 27.2 Å². The fourth-order valence-corrected chi connectivity index (χ4v) is 1.77. The summed E-state index contributed by atoms with van der Waals surface area (Å²) < 4.78 is 5.38. The first kappa shape index (κ1) is 16.5. The number of carbonyl (C=O) groups is 1. The summed E-state index contributed by atoms with van der Waals surface area (Å²) in [6.45, 7) is 6.41. The number of carbonyl (C=O) groups excluding carboxylic acids is 1. The minimum Gasteiger partial charge on any atom is -0.465 e. The second-order valence-corrected chi connectivity index (χ2v) is 6.02. The lowest BCUT2D eigenvalue weighted by Gasteiger charge is -2.20. The molecule has 20 heavy (non-hydrogen) atoms. The van der Waals surface area contributed by atoms with E-state index >= 15 is 0 Å². The highest BCUT2D eigenvalue weighted by atomic mass is 32.1. The molecule has 1 unspecified atom stereocenters. The molecule has 0 N–H and O–H groups in total. The van der Waals surface area contributed by atoms with Crippen LogP contribution in [0.4, 0.5) is 0 Å². The maximum absolute atomic E-state index is 11.8. The van der Waals surface area contributed by atoms with Crippen LogP contribution in [0, 0.1) is 11.3 Å². The van der Waals surface area contributed by atoms with Gasteiger partial charge in [-0.3, -0.25) is 4.79 Å². The number of hydrogen-bond acceptors (Lipinski definition) is 4. The topological polar surface area (TPSA) is 38.7 Å². The van der Waals surface area contributed by atoms with Crippen molar-refractivity contribution in [2.75, 3.05) is 13.2 Å². The fourth-order valence-electron chi connectivity index (χ4n) is 1.70. The van der Waals surface area contributed by atoms with Gasteiger partial charge in [-0.05, 0) is 45.0 Å². The second kappa shape index (κ2) is 7.93. The van der Waals surface area contributed by atoms with Crippen molar-refractivity contribution in [1.82, 2.24) is 0 Å². The summed E-state index contributed by atoms with van der Waals surface area (Å²) in [5.74, 6) is -0.0685. The molecule has 0 saturated heterocycles. The highest BCUT2D eigenvalue weighted by Gasteiger charge is 2.24. The van der Waals surface area contributed by atoms with Crippen molar-refractivity contribution in [1.29, 1.82) is 0 Å². The summed E-state index contributed by atoms with van der Waals surface area (Å²) in [5, 5.41) is 2.37. The largest absolute Gasteiger partial charge is 0.465 e. The number of hydrogen-bond donors (Lipinski definition) is 0. The highest BCUT2D eigenvalue weighted by molar-refractivity contribution is 7.78. The average Bonchev–Trinajstić information content (AvgIpc) is 2.41. The fraction of sp³-hybridized carbons (Fsp3) is 0.500. The molecule has 0 aliphatic carbocycles. The predicted molar refractivity (Wildman–Crippen MR) is 83.9 cm³/mol. The molecule has 0 aromatic heterocycles. The van der Waals surface area contributed by atoms with Gasteiger partial charge in [0.1, 0.15) is 0 Å². The Labute approximate surface area is 126 Å². The molecule has 4 heteroatoms. The second-order valence-electron chi connectivity index (χ2n) is 5.84. The summed E-state index contributed by atoms with van der Waals surface area (Å²) in [4.78, 5) is 15.8. The molecule has 0 spiro atoms. The standard InChI is InChI=1S/C16H21NO2S/c1-16(2,3)15(18)19-11-14(10-17-12-20)9-13-7-5-4-6-8-13/h4-8,14H,9-11H2,1-3H3. The molecular weight excluding hydrogens is 270 g/mol. The smallest absolute Gasteiger partial charge is 0.311 e. The van der Waals surface area contributed by atoms with Gasteiger partial charge in [-0.1, -0.05) is 30.3 Å². The van der Waals surface area contributed by atoms with Gasteiger partial charge >= 0.3 is 5.97 Å². The van der Waals surface area contributed by atoms with Gasteiger partial charge in [0.2, 0.25) is 0 Å². The molecule has 0 aliphatic rings. The maximum atomic E-state index is 11.8. The number of thiocarbonyl (C=S) groups is 1. The van der Waals surface area contributed by atoms with Crippen LogP contribution in [0.15, 0.2) is 35.3 Å². The van der Waals surface area contributed by atoms with Crippen molar-refractivity contribution < 1.29 is 9.53 Å². The van der Waals surface area contributed by atoms with Crippen molar-refractivity contribution in [3.8, 4) is 0 Å². The Hall–Kier alpha value is -1.51. The lowest BCUT2D eigenvalue weighted by molar-refractivity contribution is -0.154. The Morgan fingerprint density at radius 2 is 2.00 bits per heavy atom. The zero-order valence-electron chi connectivity index (χ0n) is 12.3. The first-order chi connectivity index (χ1) is 9.43. The first-order valence-corrected chi connectivity index (χ1v) is 7.09. The lowest BCUT2D eigenvalue weighted by atomic mass is 9.97. The van der Waals surface area contributed by atoms with Gasteiger partial charge in [0.15, 0.2) is 0 Å². The number of ether oxygens (including phenoxy) is 1. The van der Waals surface area contributed by atoms with E-state index in [2.05, 4.69) is 34.5 Å². The lowest BCUT2D eigenvalue weighted by Crippen LogP contribution is -2.27. The molecule has 1 rings (SSSR count). The molecule has 0 radical (unpaired) electrons. The Morgan fingerprint density at radius 3 is 2.55 bits per heavy atom. The van der Waals surface area contributed by atoms with Gasteiger partial charge in [-0.2, -0.15) is 0 Å². The van der Waals surface area contributed by atoms with E-state index in [0.717, 1.165) is 6.42 Å². The van der Waals surface area contributed by atoms with E-state index in [-0.39, 0.29) is 11.9 Å². The van der Waals surface area contributed by atoms with Crippen LogP contribution >= 0.6 is 12.2 Å². The van der Waals surface area contributed by atoms with Crippen molar-refractivity contribution in [2.24, 2.45) is 16.3 Å². The van der Waals surface area contributed by atoms with Gasteiger partial charge < -0.3 is 4.74 Å². The van der Waals surface area contributed by atoms with E-state index in [1.165, 1.54) is 5.56 Å². The Bertz CT molecular complexity index is 473.